The van der Waals surface area contributed by atoms with Crippen molar-refractivity contribution in [1.82, 2.24) is 9.78 Å². The van der Waals surface area contributed by atoms with Crippen LogP contribution in [0.15, 0.2) is 0 Å². The first-order chi connectivity index (χ1) is 8.95. The van der Waals surface area contributed by atoms with E-state index in [0.717, 1.165) is 0 Å². The van der Waals surface area contributed by atoms with Crippen molar-refractivity contribution in [2.75, 3.05) is 18.0 Å². The lowest BCUT2D eigenvalue weighted by molar-refractivity contribution is -0.384. The molecule has 19 heavy (non-hydrogen) atoms. The van der Waals surface area contributed by atoms with Gasteiger partial charge in [-0.05, 0) is 18.8 Å². The van der Waals surface area contributed by atoms with Crippen LogP contribution in [0.3, 0.4) is 0 Å². The molecule has 0 aromatic carbocycles. The number of aryl methyl sites for hydroxylation is 2. The molecule has 0 saturated carbocycles. The predicted molar refractivity (Wildman–Crippen MR) is 71.2 cm³/mol. The molecule has 0 aliphatic carbocycles. The number of piperidine rings is 1. The van der Waals surface area contributed by atoms with Gasteiger partial charge in [0.1, 0.15) is 5.69 Å². The smallest absolute Gasteiger partial charge is 0.334 e. The summed E-state index contributed by atoms with van der Waals surface area (Å²) >= 11 is 0. The molecule has 2 heterocycles. The Balaban J connectivity index is 2.39. The van der Waals surface area contributed by atoms with Crippen molar-refractivity contribution in [3.8, 4) is 0 Å². The fourth-order valence-corrected chi connectivity index (χ4v) is 2.66. The van der Waals surface area contributed by atoms with E-state index in [4.69, 9.17) is 0 Å². The maximum atomic E-state index is 11.3. The topological polar surface area (TPSA) is 84.4 Å². The molecule has 7 heteroatoms. The standard InChI is InChI=1S/C12H20N4O3/c1-4-9-11(16(18)19)12(14(3)13-9)15-6-5-10(17)8(2)7-15/h8,10,17H,4-7H2,1-3H3. The lowest BCUT2D eigenvalue weighted by atomic mass is 9.97. The van der Waals surface area contributed by atoms with Crippen molar-refractivity contribution in [2.45, 2.75) is 32.8 Å². The van der Waals surface area contributed by atoms with E-state index in [1.165, 1.54) is 0 Å². The van der Waals surface area contributed by atoms with Gasteiger partial charge in [-0.15, -0.1) is 0 Å². The highest BCUT2D eigenvalue weighted by Crippen LogP contribution is 2.34. The summed E-state index contributed by atoms with van der Waals surface area (Å²) in [5.74, 6) is 0.661. The average Bonchev–Trinajstić information content (AvgIpc) is 2.70. The number of hydrogen-bond acceptors (Lipinski definition) is 5. The highest BCUT2D eigenvalue weighted by Gasteiger charge is 2.33. The maximum absolute atomic E-state index is 11.3. The molecular formula is C12H20N4O3. The zero-order valence-corrected chi connectivity index (χ0v) is 11.5. The largest absolute Gasteiger partial charge is 0.393 e. The first-order valence-electron chi connectivity index (χ1n) is 6.59. The van der Waals surface area contributed by atoms with Crippen molar-refractivity contribution in [3.63, 3.8) is 0 Å². The minimum atomic E-state index is -0.350. The van der Waals surface area contributed by atoms with Gasteiger partial charge in [0.15, 0.2) is 0 Å². The Kier molecular flexibility index (Phi) is 3.75. The molecule has 1 aliphatic heterocycles. The molecule has 0 bridgehead atoms. The van der Waals surface area contributed by atoms with Crippen molar-refractivity contribution >= 4 is 11.5 Å². The summed E-state index contributed by atoms with van der Waals surface area (Å²) in [5, 5.41) is 25.3. The van der Waals surface area contributed by atoms with Crippen LogP contribution in [0.25, 0.3) is 0 Å². The number of anilines is 1. The minimum Gasteiger partial charge on any atom is -0.393 e. The van der Waals surface area contributed by atoms with Crippen molar-refractivity contribution in [3.05, 3.63) is 15.8 Å². The molecule has 1 aromatic rings. The van der Waals surface area contributed by atoms with E-state index in [9.17, 15) is 15.2 Å². The molecule has 2 rings (SSSR count). The van der Waals surface area contributed by atoms with Gasteiger partial charge in [-0.1, -0.05) is 13.8 Å². The lowest BCUT2D eigenvalue weighted by Gasteiger charge is -2.35. The van der Waals surface area contributed by atoms with Gasteiger partial charge in [-0.25, -0.2) is 4.68 Å². The SMILES string of the molecule is CCc1nn(C)c(N2CCC(O)C(C)C2)c1[N+](=O)[O-]. The molecule has 0 spiro atoms. The van der Waals surface area contributed by atoms with Crippen LogP contribution >= 0.6 is 0 Å². The second-order valence-electron chi connectivity index (χ2n) is 5.13. The second kappa shape index (κ2) is 5.16. The molecule has 1 aliphatic rings. The maximum Gasteiger partial charge on any atom is 0.334 e. The molecule has 106 valence electrons. The van der Waals surface area contributed by atoms with Crippen molar-refractivity contribution in [2.24, 2.45) is 13.0 Å². The Bertz CT molecular complexity index is 486. The van der Waals surface area contributed by atoms with Crippen molar-refractivity contribution < 1.29 is 10.0 Å². The third kappa shape index (κ3) is 2.42. The molecule has 1 aromatic heterocycles. The highest BCUT2D eigenvalue weighted by atomic mass is 16.6. The summed E-state index contributed by atoms with van der Waals surface area (Å²) in [4.78, 5) is 12.9. The van der Waals surface area contributed by atoms with Gasteiger partial charge < -0.3 is 10.0 Å². The van der Waals surface area contributed by atoms with Gasteiger partial charge in [0.25, 0.3) is 0 Å². The van der Waals surface area contributed by atoms with E-state index in [1.54, 1.807) is 11.7 Å². The number of nitro groups is 1. The van der Waals surface area contributed by atoms with Gasteiger partial charge >= 0.3 is 5.69 Å². The predicted octanol–water partition coefficient (Wildman–Crippen LogP) is 1.10. The highest BCUT2D eigenvalue weighted by molar-refractivity contribution is 5.61. The summed E-state index contributed by atoms with van der Waals surface area (Å²) in [7, 11) is 1.73. The molecule has 2 unspecified atom stereocenters. The first-order valence-corrected chi connectivity index (χ1v) is 6.59. The van der Waals surface area contributed by atoms with Gasteiger partial charge in [0.2, 0.25) is 5.82 Å². The Morgan fingerprint density at radius 3 is 2.79 bits per heavy atom. The molecule has 2 atom stereocenters. The van der Waals surface area contributed by atoms with Crippen LogP contribution < -0.4 is 4.90 Å². The fraction of sp³-hybridized carbons (Fsp3) is 0.750. The average molecular weight is 268 g/mol. The van der Waals surface area contributed by atoms with E-state index >= 15 is 0 Å². The van der Waals surface area contributed by atoms with E-state index in [2.05, 4.69) is 5.10 Å². The van der Waals surface area contributed by atoms with E-state index < -0.39 is 0 Å². The number of aliphatic hydroxyl groups excluding tert-OH is 1. The minimum absolute atomic E-state index is 0.105. The molecule has 1 N–H and O–H groups in total. The summed E-state index contributed by atoms with van der Waals surface area (Å²) < 4.78 is 1.58. The third-order valence-corrected chi connectivity index (χ3v) is 3.74. The number of rotatable bonds is 3. The van der Waals surface area contributed by atoms with Crippen molar-refractivity contribution in [1.29, 1.82) is 0 Å². The third-order valence-electron chi connectivity index (χ3n) is 3.74. The van der Waals surface area contributed by atoms with Crippen LogP contribution in [-0.2, 0) is 13.5 Å². The molecule has 7 nitrogen and oxygen atoms in total. The normalized spacial score (nSPS) is 23.7. The number of nitrogens with zero attached hydrogens (tertiary/aromatic N) is 4. The van der Waals surface area contributed by atoms with Gasteiger partial charge in [0, 0.05) is 20.1 Å². The summed E-state index contributed by atoms with van der Waals surface area (Å²) in [6, 6.07) is 0. The monoisotopic (exact) mass is 268 g/mol. The Morgan fingerprint density at radius 2 is 2.26 bits per heavy atom. The van der Waals surface area contributed by atoms with Gasteiger partial charge in [-0.2, -0.15) is 5.10 Å². The van der Waals surface area contributed by atoms with E-state index in [1.807, 2.05) is 18.7 Å². The summed E-state index contributed by atoms with van der Waals surface area (Å²) in [5.41, 5.74) is 0.620. The quantitative estimate of drug-likeness (QED) is 0.655. The van der Waals surface area contributed by atoms with Crippen LogP contribution in [0.5, 0.6) is 0 Å². The Hall–Kier alpha value is -1.63. The zero-order valence-electron chi connectivity index (χ0n) is 11.5. The number of aliphatic hydroxyl groups is 1. The molecule has 0 radical (unpaired) electrons. The molecule has 0 amide bonds. The van der Waals surface area contributed by atoms with Gasteiger partial charge in [0.05, 0.1) is 11.0 Å². The second-order valence-corrected chi connectivity index (χ2v) is 5.13. The van der Waals surface area contributed by atoms with E-state index in [0.29, 0.717) is 37.4 Å². The van der Waals surface area contributed by atoms with Crippen LogP contribution in [0.4, 0.5) is 11.5 Å². The zero-order chi connectivity index (χ0) is 14.2. The molecular weight excluding hydrogens is 248 g/mol. The van der Waals surface area contributed by atoms with Crippen LogP contribution in [0.1, 0.15) is 26.0 Å². The number of aromatic nitrogens is 2. The van der Waals surface area contributed by atoms with Gasteiger partial charge in [-0.3, -0.25) is 10.1 Å². The Labute approximate surface area is 112 Å². The number of hydrogen-bond donors (Lipinski definition) is 1. The summed E-state index contributed by atoms with van der Waals surface area (Å²) in [6.07, 6.45) is 0.843. The van der Waals surface area contributed by atoms with E-state index in [-0.39, 0.29) is 22.6 Å². The van der Waals surface area contributed by atoms with Crippen LogP contribution in [0.2, 0.25) is 0 Å². The Morgan fingerprint density at radius 1 is 1.58 bits per heavy atom. The lowest BCUT2D eigenvalue weighted by Crippen LogP contribution is -2.42. The first kappa shape index (κ1) is 13.8. The summed E-state index contributed by atoms with van der Waals surface area (Å²) in [6.45, 7) is 5.06. The van der Waals surface area contributed by atoms with Crippen LogP contribution in [0, 0.1) is 16.0 Å². The fourth-order valence-electron chi connectivity index (χ4n) is 2.66. The van der Waals surface area contributed by atoms with Crippen LogP contribution in [-0.4, -0.2) is 39.0 Å². The molecule has 1 saturated heterocycles. The molecule has 1 fully saturated rings.